The second-order valence-corrected chi connectivity index (χ2v) is 5.27. The molecule has 3 N–H and O–H groups in total. The van der Waals surface area contributed by atoms with Gasteiger partial charge in [0.15, 0.2) is 0 Å². The average Bonchev–Trinajstić information content (AvgIpc) is 2.84. The Kier molecular flexibility index (Phi) is 3.80. The highest BCUT2D eigenvalue weighted by Gasteiger charge is 2.16. The van der Waals surface area contributed by atoms with E-state index in [1.54, 1.807) is 41.8 Å². The van der Waals surface area contributed by atoms with E-state index in [4.69, 9.17) is 5.73 Å². The zero-order chi connectivity index (χ0) is 16.4. The lowest BCUT2D eigenvalue weighted by Crippen LogP contribution is -2.16. The number of rotatable bonds is 4. The highest BCUT2D eigenvalue weighted by Crippen LogP contribution is 2.15. The third kappa shape index (κ3) is 3.06. The topological polar surface area (TPSA) is 89.5 Å². The molecule has 0 radical (unpaired) electrons. The number of fused-ring (bicyclic) bond motifs is 1. The number of carbonyl (C=O) groups excluding carboxylic acids is 2. The minimum atomic E-state index is -0.386. The molecule has 23 heavy (non-hydrogen) atoms. The van der Waals surface area contributed by atoms with Gasteiger partial charge in [-0.2, -0.15) is 0 Å². The van der Waals surface area contributed by atoms with Crippen LogP contribution in [0.2, 0.25) is 0 Å². The summed E-state index contributed by atoms with van der Waals surface area (Å²) in [6.45, 7) is 1.80. The third-order valence-electron chi connectivity index (χ3n) is 3.51. The molecule has 0 atom stereocenters. The van der Waals surface area contributed by atoms with Crippen molar-refractivity contribution in [3.05, 3.63) is 65.6 Å². The van der Waals surface area contributed by atoms with E-state index in [1.807, 2.05) is 18.2 Å². The van der Waals surface area contributed by atoms with Gasteiger partial charge in [-0.3, -0.25) is 14.0 Å². The van der Waals surface area contributed by atoms with Crippen LogP contribution in [0, 0.1) is 6.92 Å². The van der Waals surface area contributed by atoms with Crippen LogP contribution in [0.15, 0.2) is 48.7 Å². The van der Waals surface area contributed by atoms with Gasteiger partial charge in [-0.15, -0.1) is 0 Å². The largest absolute Gasteiger partial charge is 0.369 e. The number of hydrogen-bond acceptors (Lipinski definition) is 3. The predicted molar refractivity (Wildman–Crippen MR) is 87.2 cm³/mol. The molecule has 0 spiro atoms. The summed E-state index contributed by atoms with van der Waals surface area (Å²) in [4.78, 5) is 27.8. The molecule has 0 aliphatic heterocycles. The summed E-state index contributed by atoms with van der Waals surface area (Å²) in [5.41, 5.74) is 8.51. The molecule has 0 fully saturated rings. The molecular weight excluding hydrogens is 292 g/mol. The van der Waals surface area contributed by atoms with E-state index >= 15 is 0 Å². The number of nitrogens with one attached hydrogen (secondary N) is 1. The summed E-state index contributed by atoms with van der Waals surface area (Å²) < 4.78 is 1.76. The van der Waals surface area contributed by atoms with Crippen LogP contribution in [-0.2, 0) is 11.2 Å². The summed E-state index contributed by atoms with van der Waals surface area (Å²) in [5.74, 6) is -0.619. The molecule has 6 heteroatoms. The number of nitrogens with zero attached hydrogens (tertiary/aromatic N) is 2. The van der Waals surface area contributed by atoms with Crippen LogP contribution >= 0.6 is 0 Å². The van der Waals surface area contributed by atoms with E-state index in [9.17, 15) is 9.59 Å². The summed E-state index contributed by atoms with van der Waals surface area (Å²) in [6, 6.07) is 12.6. The number of pyridine rings is 1. The summed E-state index contributed by atoms with van der Waals surface area (Å²) in [5, 5.41) is 2.84. The van der Waals surface area contributed by atoms with Crippen LogP contribution in [0.5, 0.6) is 0 Å². The normalized spacial score (nSPS) is 10.7. The number of benzene rings is 1. The van der Waals surface area contributed by atoms with Crippen molar-refractivity contribution in [3.63, 3.8) is 0 Å². The van der Waals surface area contributed by atoms with E-state index in [2.05, 4.69) is 10.3 Å². The van der Waals surface area contributed by atoms with Crippen LogP contribution in [0.1, 0.15) is 21.7 Å². The number of primary amides is 1. The summed E-state index contributed by atoms with van der Waals surface area (Å²) in [7, 11) is 0. The fourth-order valence-corrected chi connectivity index (χ4v) is 2.48. The summed E-state index contributed by atoms with van der Waals surface area (Å²) >= 11 is 0. The molecule has 6 nitrogen and oxygen atoms in total. The molecule has 1 aromatic carbocycles. The monoisotopic (exact) mass is 308 g/mol. The highest BCUT2D eigenvalue weighted by atomic mass is 16.2. The van der Waals surface area contributed by atoms with Gasteiger partial charge in [0, 0.05) is 11.9 Å². The van der Waals surface area contributed by atoms with Gasteiger partial charge in [0.25, 0.3) is 5.91 Å². The number of nitrogens with two attached hydrogens (primary N) is 1. The van der Waals surface area contributed by atoms with Crippen molar-refractivity contribution in [2.24, 2.45) is 5.73 Å². The molecule has 0 aliphatic carbocycles. The Morgan fingerprint density at radius 1 is 1.17 bits per heavy atom. The number of amides is 2. The number of hydrogen-bond donors (Lipinski definition) is 2. The van der Waals surface area contributed by atoms with Gasteiger partial charge in [-0.25, -0.2) is 4.98 Å². The standard InChI is InChI=1S/C17H16N4O2/c1-11-16(21-9-3-2-4-15(21)19-11)17(23)20-13-7-5-12(6-8-13)10-14(18)22/h2-9H,10H2,1H3,(H2,18,22)(H,20,23). The van der Waals surface area contributed by atoms with Gasteiger partial charge >= 0.3 is 0 Å². The Morgan fingerprint density at radius 2 is 1.91 bits per heavy atom. The molecule has 3 rings (SSSR count). The molecule has 0 bridgehead atoms. The zero-order valence-corrected chi connectivity index (χ0v) is 12.6. The Hall–Kier alpha value is -3.15. The first-order chi connectivity index (χ1) is 11.0. The third-order valence-corrected chi connectivity index (χ3v) is 3.51. The maximum atomic E-state index is 12.5. The van der Waals surface area contributed by atoms with E-state index in [0.29, 0.717) is 17.1 Å². The van der Waals surface area contributed by atoms with E-state index in [0.717, 1.165) is 11.2 Å². The molecule has 0 saturated carbocycles. The first kappa shape index (κ1) is 14.8. The smallest absolute Gasteiger partial charge is 0.274 e. The Balaban J connectivity index is 1.83. The van der Waals surface area contributed by atoms with E-state index < -0.39 is 0 Å². The second-order valence-electron chi connectivity index (χ2n) is 5.27. The van der Waals surface area contributed by atoms with Crippen LogP contribution in [0.3, 0.4) is 0 Å². The van der Waals surface area contributed by atoms with Crippen molar-refractivity contribution in [1.82, 2.24) is 9.38 Å². The van der Waals surface area contributed by atoms with Crippen molar-refractivity contribution in [3.8, 4) is 0 Å². The van der Waals surface area contributed by atoms with Gasteiger partial charge in [-0.05, 0) is 36.8 Å². The lowest BCUT2D eigenvalue weighted by Gasteiger charge is -2.07. The fraction of sp³-hybridized carbons (Fsp3) is 0.118. The van der Waals surface area contributed by atoms with Crippen LogP contribution in [0.25, 0.3) is 5.65 Å². The summed E-state index contributed by atoms with van der Waals surface area (Å²) in [6.07, 6.45) is 1.99. The lowest BCUT2D eigenvalue weighted by atomic mass is 10.1. The highest BCUT2D eigenvalue weighted by molar-refractivity contribution is 6.04. The first-order valence-electron chi connectivity index (χ1n) is 7.17. The van der Waals surface area contributed by atoms with Crippen molar-refractivity contribution in [1.29, 1.82) is 0 Å². The van der Waals surface area contributed by atoms with E-state index in [1.165, 1.54) is 0 Å². The van der Waals surface area contributed by atoms with Crippen molar-refractivity contribution < 1.29 is 9.59 Å². The molecule has 0 saturated heterocycles. The number of anilines is 1. The minimum Gasteiger partial charge on any atom is -0.369 e. The fourth-order valence-electron chi connectivity index (χ4n) is 2.48. The van der Waals surface area contributed by atoms with Crippen LogP contribution in [-0.4, -0.2) is 21.2 Å². The SMILES string of the molecule is Cc1nc2ccccn2c1C(=O)Nc1ccc(CC(N)=O)cc1. The van der Waals surface area contributed by atoms with Crippen molar-refractivity contribution in [2.45, 2.75) is 13.3 Å². The quantitative estimate of drug-likeness (QED) is 0.771. The molecule has 0 unspecified atom stereocenters. The maximum absolute atomic E-state index is 12.5. The number of carbonyl (C=O) groups is 2. The first-order valence-corrected chi connectivity index (χ1v) is 7.17. The van der Waals surface area contributed by atoms with Crippen LogP contribution < -0.4 is 11.1 Å². The number of aromatic nitrogens is 2. The Morgan fingerprint density at radius 3 is 2.61 bits per heavy atom. The molecule has 3 aromatic rings. The van der Waals surface area contributed by atoms with Gasteiger partial charge in [0.2, 0.25) is 5.91 Å². The Bertz CT molecular complexity index is 881. The van der Waals surface area contributed by atoms with Crippen LogP contribution in [0.4, 0.5) is 5.69 Å². The molecule has 0 aliphatic rings. The Labute approximate surface area is 132 Å². The predicted octanol–water partition coefficient (Wildman–Crippen LogP) is 1.92. The van der Waals surface area contributed by atoms with Crippen molar-refractivity contribution in [2.75, 3.05) is 5.32 Å². The van der Waals surface area contributed by atoms with Gasteiger partial charge in [-0.1, -0.05) is 18.2 Å². The van der Waals surface area contributed by atoms with Crippen molar-refractivity contribution >= 4 is 23.1 Å². The van der Waals surface area contributed by atoms with E-state index in [-0.39, 0.29) is 18.2 Å². The molecule has 116 valence electrons. The molecular formula is C17H16N4O2. The zero-order valence-electron chi connectivity index (χ0n) is 12.6. The number of aryl methyl sites for hydroxylation is 1. The molecule has 2 aromatic heterocycles. The lowest BCUT2D eigenvalue weighted by molar-refractivity contribution is -0.117. The molecule has 2 heterocycles. The molecule has 2 amide bonds. The number of imidazole rings is 1. The van der Waals surface area contributed by atoms with Gasteiger partial charge in [0.05, 0.1) is 12.1 Å². The maximum Gasteiger partial charge on any atom is 0.274 e. The second kappa shape index (κ2) is 5.92. The minimum absolute atomic E-state index is 0.181. The average molecular weight is 308 g/mol. The van der Waals surface area contributed by atoms with Gasteiger partial charge < -0.3 is 11.1 Å². The van der Waals surface area contributed by atoms with Gasteiger partial charge in [0.1, 0.15) is 11.3 Å².